The van der Waals surface area contributed by atoms with Crippen molar-refractivity contribution in [3.8, 4) is 33.8 Å². The minimum Gasteiger partial charge on any atom is -0.455 e. The van der Waals surface area contributed by atoms with Crippen LogP contribution in [0.4, 0.5) is 0 Å². The molecule has 0 saturated heterocycles. The van der Waals surface area contributed by atoms with E-state index in [1.165, 1.54) is 22.1 Å². The third-order valence-corrected chi connectivity index (χ3v) is 9.76. The first-order valence-electron chi connectivity index (χ1n) is 15.3. The van der Waals surface area contributed by atoms with Gasteiger partial charge in [-0.1, -0.05) is 123 Å². The normalized spacial score (nSPS) is 18.2. The van der Waals surface area contributed by atoms with Gasteiger partial charge in [0, 0.05) is 27.6 Å². The lowest BCUT2D eigenvalue weighted by Crippen LogP contribution is -2.24. The molecule has 0 fully saturated rings. The molecule has 0 aliphatic heterocycles. The number of aromatic nitrogens is 2. The zero-order valence-corrected chi connectivity index (χ0v) is 24.7. The molecule has 3 nitrogen and oxygen atoms in total. The van der Waals surface area contributed by atoms with E-state index < -0.39 is 0 Å². The zero-order valence-electron chi connectivity index (χ0n) is 24.7. The largest absolute Gasteiger partial charge is 0.455 e. The first-order valence-corrected chi connectivity index (χ1v) is 15.3. The summed E-state index contributed by atoms with van der Waals surface area (Å²) in [6.07, 6.45) is 9.12. The Hall–Kier alpha value is -5.28. The summed E-state index contributed by atoms with van der Waals surface area (Å²) in [6.45, 7) is 4.76. The van der Waals surface area contributed by atoms with Crippen LogP contribution >= 0.6 is 0 Å². The van der Waals surface area contributed by atoms with Crippen LogP contribution in [0.1, 0.15) is 30.9 Å². The number of hydrogen-bond acceptors (Lipinski definition) is 3. The highest BCUT2D eigenvalue weighted by molar-refractivity contribution is 6.12. The van der Waals surface area contributed by atoms with Gasteiger partial charge in [-0.15, -0.1) is 0 Å². The molecule has 0 saturated carbocycles. The Labute approximate surface area is 256 Å². The molecule has 0 spiro atoms. The summed E-state index contributed by atoms with van der Waals surface area (Å²) < 4.78 is 6.73. The number of fused-ring (bicyclic) bond motifs is 8. The van der Waals surface area contributed by atoms with Crippen LogP contribution in [0.25, 0.3) is 66.6 Å². The Morgan fingerprint density at radius 1 is 0.659 bits per heavy atom. The van der Waals surface area contributed by atoms with Crippen molar-refractivity contribution < 1.29 is 4.42 Å². The summed E-state index contributed by atoms with van der Waals surface area (Å²) in [5.74, 6) is 1.49. The van der Waals surface area contributed by atoms with Gasteiger partial charge in [-0.3, -0.25) is 0 Å². The molecule has 0 N–H and O–H groups in total. The molecule has 9 rings (SSSR count). The summed E-state index contributed by atoms with van der Waals surface area (Å²) in [6, 6.07) is 38.2. The highest BCUT2D eigenvalue weighted by Crippen LogP contribution is 2.56. The molecule has 2 heterocycles. The van der Waals surface area contributed by atoms with Gasteiger partial charge in [-0.25, -0.2) is 9.97 Å². The average molecular weight is 567 g/mol. The molecule has 0 amide bonds. The molecule has 210 valence electrons. The van der Waals surface area contributed by atoms with Gasteiger partial charge in [0.05, 0.1) is 16.8 Å². The van der Waals surface area contributed by atoms with E-state index >= 15 is 0 Å². The van der Waals surface area contributed by atoms with Crippen LogP contribution in [0.3, 0.4) is 0 Å². The van der Waals surface area contributed by atoms with Gasteiger partial charge in [-0.2, -0.15) is 0 Å². The highest BCUT2D eigenvalue weighted by Gasteiger charge is 2.46. The number of furan rings is 1. The Kier molecular flexibility index (Phi) is 5.37. The third kappa shape index (κ3) is 3.62. The summed E-state index contributed by atoms with van der Waals surface area (Å²) in [5.41, 5.74) is 10.7. The second-order valence-electron chi connectivity index (χ2n) is 12.6. The van der Waals surface area contributed by atoms with E-state index in [9.17, 15) is 0 Å². The third-order valence-electron chi connectivity index (χ3n) is 9.76. The van der Waals surface area contributed by atoms with Crippen LogP contribution in [0.5, 0.6) is 0 Å². The van der Waals surface area contributed by atoms with Crippen molar-refractivity contribution >= 4 is 32.8 Å². The fraction of sp³-hybridized carbons (Fsp3) is 0.122. The molecule has 0 bridgehead atoms. The lowest BCUT2D eigenvalue weighted by molar-refractivity contribution is 0.396. The number of nitrogens with zero attached hydrogens (tertiary/aromatic N) is 2. The Morgan fingerprint density at radius 3 is 2.25 bits per heavy atom. The summed E-state index contributed by atoms with van der Waals surface area (Å²) in [7, 11) is 0. The van der Waals surface area contributed by atoms with Crippen molar-refractivity contribution in [3.05, 3.63) is 145 Å². The number of hydrogen-bond donors (Lipinski definition) is 0. The van der Waals surface area contributed by atoms with E-state index in [2.05, 4.69) is 135 Å². The van der Waals surface area contributed by atoms with Gasteiger partial charge in [0.15, 0.2) is 5.82 Å². The molecule has 2 aliphatic rings. The van der Waals surface area contributed by atoms with Crippen molar-refractivity contribution in [2.45, 2.75) is 25.2 Å². The van der Waals surface area contributed by atoms with E-state index in [4.69, 9.17) is 14.4 Å². The van der Waals surface area contributed by atoms with Gasteiger partial charge in [-0.05, 0) is 57.9 Å². The topological polar surface area (TPSA) is 38.9 Å². The van der Waals surface area contributed by atoms with E-state index in [0.717, 1.165) is 49.8 Å². The van der Waals surface area contributed by atoms with Crippen LogP contribution in [-0.4, -0.2) is 9.97 Å². The van der Waals surface area contributed by atoms with Crippen molar-refractivity contribution in [3.63, 3.8) is 0 Å². The minimum atomic E-state index is -0.0238. The van der Waals surface area contributed by atoms with Crippen LogP contribution in [0.15, 0.2) is 138 Å². The summed E-state index contributed by atoms with van der Waals surface area (Å²) in [5, 5.41) is 3.37. The van der Waals surface area contributed by atoms with Crippen LogP contribution < -0.4 is 0 Å². The van der Waals surface area contributed by atoms with Crippen molar-refractivity contribution in [2.24, 2.45) is 5.92 Å². The number of benzene rings is 5. The molecular formula is C41H30N2O. The van der Waals surface area contributed by atoms with Gasteiger partial charge >= 0.3 is 0 Å². The van der Waals surface area contributed by atoms with Crippen molar-refractivity contribution in [1.82, 2.24) is 9.97 Å². The van der Waals surface area contributed by atoms with Crippen LogP contribution in [0, 0.1) is 5.92 Å². The maximum atomic E-state index is 6.73. The average Bonchev–Trinajstić information content (AvgIpc) is 3.57. The molecule has 2 atom stereocenters. The Morgan fingerprint density at radius 2 is 1.43 bits per heavy atom. The van der Waals surface area contributed by atoms with Crippen LogP contribution in [0.2, 0.25) is 0 Å². The van der Waals surface area contributed by atoms with Gasteiger partial charge < -0.3 is 4.42 Å². The number of para-hydroxylation sites is 1. The first kappa shape index (κ1) is 25.2. The molecule has 7 aromatic rings. The quantitative estimate of drug-likeness (QED) is 0.214. The van der Waals surface area contributed by atoms with Gasteiger partial charge in [0.2, 0.25) is 0 Å². The molecule has 2 aromatic heterocycles. The predicted molar refractivity (Wildman–Crippen MR) is 181 cm³/mol. The predicted octanol–water partition coefficient (Wildman–Crippen LogP) is 10.6. The monoisotopic (exact) mass is 566 g/mol. The maximum absolute atomic E-state index is 6.73. The molecular weight excluding hydrogens is 536 g/mol. The Bertz CT molecular complexity index is 2310. The lowest BCUT2D eigenvalue weighted by Gasteiger charge is -2.29. The second-order valence-corrected chi connectivity index (χ2v) is 12.6. The van der Waals surface area contributed by atoms with Gasteiger partial charge in [0.1, 0.15) is 11.2 Å². The lowest BCUT2D eigenvalue weighted by atomic mass is 9.74. The summed E-state index contributed by atoms with van der Waals surface area (Å²) in [4.78, 5) is 10.4. The first-order chi connectivity index (χ1) is 21.6. The zero-order chi connectivity index (χ0) is 29.4. The second kappa shape index (κ2) is 9.36. The molecule has 44 heavy (non-hydrogen) atoms. The molecule has 3 heteroatoms. The Balaban J connectivity index is 1.29. The van der Waals surface area contributed by atoms with Crippen molar-refractivity contribution in [2.75, 3.05) is 0 Å². The van der Waals surface area contributed by atoms with E-state index in [1.807, 2.05) is 12.1 Å². The molecule has 2 unspecified atom stereocenters. The SMILES string of the molecule is CC1(C)c2c(ccc3oc4c(-c5nc(-c6ccccc6)c6cc(-c7ccccc7)ccc6n5)cccc4c23)C2C=CC=CC21. The highest BCUT2D eigenvalue weighted by atomic mass is 16.3. The van der Waals surface area contributed by atoms with E-state index in [1.54, 1.807) is 0 Å². The van der Waals surface area contributed by atoms with Gasteiger partial charge in [0.25, 0.3) is 0 Å². The molecule has 5 aromatic carbocycles. The maximum Gasteiger partial charge on any atom is 0.164 e. The fourth-order valence-electron chi connectivity index (χ4n) is 7.69. The van der Waals surface area contributed by atoms with E-state index in [-0.39, 0.29) is 5.41 Å². The minimum absolute atomic E-state index is 0.0238. The molecule has 0 radical (unpaired) electrons. The number of rotatable bonds is 3. The molecule has 2 aliphatic carbocycles. The van der Waals surface area contributed by atoms with Crippen molar-refractivity contribution in [1.29, 1.82) is 0 Å². The fourth-order valence-corrected chi connectivity index (χ4v) is 7.69. The summed E-state index contributed by atoms with van der Waals surface area (Å²) >= 11 is 0. The van der Waals surface area contributed by atoms with E-state index in [0.29, 0.717) is 17.7 Å². The smallest absolute Gasteiger partial charge is 0.164 e. The standard InChI is InChI=1S/C41H30N2O/c1-41(2)33-19-10-9-16-28(33)29-21-23-35-36(37(29)41)30-17-11-18-31(39(30)44-35)40-42-34-22-20-27(25-12-5-3-6-13-25)24-32(34)38(43-40)26-14-7-4-8-15-26/h3-24,28,33H,1-2H3. The van der Waals surface area contributed by atoms with Crippen LogP contribution in [-0.2, 0) is 5.41 Å². The number of allylic oxidation sites excluding steroid dienone is 4.